The van der Waals surface area contributed by atoms with Crippen molar-refractivity contribution in [3.63, 3.8) is 0 Å². The van der Waals surface area contributed by atoms with Gasteiger partial charge in [0.15, 0.2) is 5.78 Å². The molecule has 0 atom stereocenters. The minimum absolute atomic E-state index is 0.126. The van der Waals surface area contributed by atoms with Gasteiger partial charge in [-0.05, 0) is 0 Å². The van der Waals surface area contributed by atoms with Crippen molar-refractivity contribution in [3.8, 4) is 0 Å². The van der Waals surface area contributed by atoms with Crippen LogP contribution in [-0.2, 0) is 14.3 Å². The number of aliphatic carboxylic acids is 1. The molecular weight excluding hydrogens is 148 g/mol. The average Bonchev–Trinajstić information content (AvgIpc) is 1.93. The molecule has 0 spiro atoms. The number of ether oxygens (including phenoxy) is 1. The summed E-state index contributed by atoms with van der Waals surface area (Å²) in [5, 5.41) is 8.30. The van der Waals surface area contributed by atoms with Gasteiger partial charge in [0.2, 0.25) is 0 Å². The van der Waals surface area contributed by atoms with Crippen LogP contribution in [0.3, 0.4) is 0 Å². The molecule has 0 bridgehead atoms. The summed E-state index contributed by atoms with van der Waals surface area (Å²) in [6.45, 7) is 0.529. The number of hydrogen-bond donors (Lipinski definition) is 1. The highest BCUT2D eigenvalue weighted by Gasteiger charge is 2.15. The van der Waals surface area contributed by atoms with E-state index in [-0.39, 0.29) is 18.0 Å². The SMILES string of the molecule is O=C(O)/C=C1/COCCC1=O. The average molecular weight is 156 g/mol. The van der Waals surface area contributed by atoms with E-state index in [2.05, 4.69) is 0 Å². The first-order valence-corrected chi connectivity index (χ1v) is 3.24. The van der Waals surface area contributed by atoms with Gasteiger partial charge in [0, 0.05) is 18.1 Å². The molecule has 0 aliphatic carbocycles. The monoisotopic (exact) mass is 156 g/mol. The summed E-state index contributed by atoms with van der Waals surface area (Å²) in [4.78, 5) is 21.0. The standard InChI is InChI=1S/C7H8O4/c8-6-1-2-11-4-5(6)3-7(9)10/h3H,1-2,4H2,(H,9,10)/b5-3-. The zero-order chi connectivity index (χ0) is 8.27. The van der Waals surface area contributed by atoms with Gasteiger partial charge in [-0.1, -0.05) is 0 Å². The number of carboxylic acids is 1. The van der Waals surface area contributed by atoms with Gasteiger partial charge in [-0.25, -0.2) is 4.79 Å². The first-order valence-electron chi connectivity index (χ1n) is 3.24. The van der Waals surface area contributed by atoms with E-state index in [1.165, 1.54) is 0 Å². The Morgan fingerprint density at radius 2 is 2.36 bits per heavy atom. The highest BCUT2D eigenvalue weighted by Crippen LogP contribution is 2.07. The lowest BCUT2D eigenvalue weighted by Gasteiger charge is -2.12. The molecule has 0 amide bonds. The third-order valence-electron chi connectivity index (χ3n) is 1.39. The zero-order valence-electron chi connectivity index (χ0n) is 5.87. The first-order chi connectivity index (χ1) is 5.20. The minimum Gasteiger partial charge on any atom is -0.478 e. The van der Waals surface area contributed by atoms with Crippen LogP contribution in [0, 0.1) is 0 Å². The molecule has 0 unspecified atom stereocenters. The summed E-state index contributed by atoms with van der Waals surface area (Å²) in [6.07, 6.45) is 1.20. The molecule has 1 N–H and O–H groups in total. The van der Waals surface area contributed by atoms with Crippen molar-refractivity contribution in [1.82, 2.24) is 0 Å². The molecule has 1 aliphatic heterocycles. The molecule has 1 heterocycles. The normalized spacial score (nSPS) is 22.2. The number of carbonyl (C=O) groups excluding carboxylic acids is 1. The maximum absolute atomic E-state index is 10.9. The van der Waals surface area contributed by atoms with Crippen molar-refractivity contribution in [2.75, 3.05) is 13.2 Å². The molecule has 4 heteroatoms. The fourth-order valence-corrected chi connectivity index (χ4v) is 0.859. The molecule has 4 nitrogen and oxygen atoms in total. The Balaban J connectivity index is 2.68. The molecule has 11 heavy (non-hydrogen) atoms. The van der Waals surface area contributed by atoms with Crippen LogP contribution in [0.2, 0.25) is 0 Å². The molecule has 1 rings (SSSR count). The maximum atomic E-state index is 10.9. The van der Waals surface area contributed by atoms with Crippen molar-refractivity contribution in [3.05, 3.63) is 11.6 Å². The first kappa shape index (κ1) is 7.94. The summed E-state index contributed by atoms with van der Waals surface area (Å²) in [7, 11) is 0. The van der Waals surface area contributed by atoms with E-state index in [0.29, 0.717) is 13.0 Å². The summed E-state index contributed by atoms with van der Waals surface area (Å²) in [5.74, 6) is -1.22. The number of hydrogen-bond acceptors (Lipinski definition) is 3. The van der Waals surface area contributed by atoms with Gasteiger partial charge >= 0.3 is 5.97 Å². The van der Waals surface area contributed by atoms with Crippen LogP contribution in [0.25, 0.3) is 0 Å². The van der Waals surface area contributed by atoms with E-state index in [1.54, 1.807) is 0 Å². The quantitative estimate of drug-likeness (QED) is 0.542. The van der Waals surface area contributed by atoms with E-state index in [1.807, 2.05) is 0 Å². The fraction of sp³-hybridized carbons (Fsp3) is 0.429. The molecule has 0 aromatic carbocycles. The molecule has 0 aromatic heterocycles. The van der Waals surface area contributed by atoms with Crippen LogP contribution in [0.5, 0.6) is 0 Å². The van der Waals surface area contributed by atoms with Gasteiger partial charge in [-0.2, -0.15) is 0 Å². The molecular formula is C7H8O4. The highest BCUT2D eigenvalue weighted by atomic mass is 16.5. The number of carboxylic acid groups (broad SMARTS) is 1. The predicted molar refractivity (Wildman–Crippen MR) is 36.2 cm³/mol. The molecule has 1 aliphatic rings. The number of ketones is 1. The lowest BCUT2D eigenvalue weighted by molar-refractivity contribution is -0.132. The lowest BCUT2D eigenvalue weighted by Crippen LogP contribution is -2.19. The Bertz CT molecular complexity index is 216. The Kier molecular flexibility index (Phi) is 2.38. The number of carbonyl (C=O) groups is 2. The maximum Gasteiger partial charge on any atom is 0.328 e. The lowest BCUT2D eigenvalue weighted by atomic mass is 10.1. The Morgan fingerprint density at radius 1 is 1.64 bits per heavy atom. The molecule has 1 fully saturated rings. The van der Waals surface area contributed by atoms with Crippen LogP contribution >= 0.6 is 0 Å². The number of rotatable bonds is 1. The summed E-state index contributed by atoms with van der Waals surface area (Å²) in [5.41, 5.74) is 0.253. The Morgan fingerprint density at radius 3 is 2.91 bits per heavy atom. The molecule has 60 valence electrons. The highest BCUT2D eigenvalue weighted by molar-refractivity contribution is 6.00. The van der Waals surface area contributed by atoms with Gasteiger partial charge in [0.05, 0.1) is 13.2 Å². The van der Waals surface area contributed by atoms with Gasteiger partial charge in [-0.3, -0.25) is 4.79 Å². The van der Waals surface area contributed by atoms with E-state index in [9.17, 15) is 9.59 Å². The zero-order valence-corrected chi connectivity index (χ0v) is 5.87. The second-order valence-electron chi connectivity index (χ2n) is 2.23. The van der Waals surface area contributed by atoms with Crippen LogP contribution < -0.4 is 0 Å². The second kappa shape index (κ2) is 3.30. The van der Waals surface area contributed by atoms with Crippen molar-refractivity contribution >= 4 is 11.8 Å². The third-order valence-corrected chi connectivity index (χ3v) is 1.39. The molecule has 1 saturated heterocycles. The van der Waals surface area contributed by atoms with Gasteiger partial charge in [-0.15, -0.1) is 0 Å². The Hall–Kier alpha value is -1.16. The summed E-state index contributed by atoms with van der Waals surface area (Å²) in [6, 6.07) is 0. The molecule has 0 radical (unpaired) electrons. The number of Topliss-reactive ketones (excluding diaryl/α,β-unsaturated/α-hetero) is 1. The molecule has 0 aromatic rings. The topological polar surface area (TPSA) is 63.6 Å². The minimum atomic E-state index is -1.10. The summed E-state index contributed by atoms with van der Waals surface area (Å²) >= 11 is 0. The van der Waals surface area contributed by atoms with Crippen molar-refractivity contribution in [1.29, 1.82) is 0 Å². The second-order valence-corrected chi connectivity index (χ2v) is 2.23. The fourth-order valence-electron chi connectivity index (χ4n) is 0.859. The molecule has 0 saturated carbocycles. The Labute approximate surface area is 63.5 Å². The van der Waals surface area contributed by atoms with Crippen LogP contribution in [0.1, 0.15) is 6.42 Å². The van der Waals surface area contributed by atoms with Crippen molar-refractivity contribution < 1.29 is 19.4 Å². The largest absolute Gasteiger partial charge is 0.478 e. The summed E-state index contributed by atoms with van der Waals surface area (Å²) < 4.78 is 4.90. The van der Waals surface area contributed by atoms with Gasteiger partial charge in [0.25, 0.3) is 0 Å². The third kappa shape index (κ3) is 2.16. The van der Waals surface area contributed by atoms with Crippen LogP contribution in [-0.4, -0.2) is 30.1 Å². The van der Waals surface area contributed by atoms with Crippen LogP contribution in [0.4, 0.5) is 0 Å². The predicted octanol–water partition coefficient (Wildman–Crippen LogP) is -0.0132. The van der Waals surface area contributed by atoms with Crippen LogP contribution in [0.15, 0.2) is 11.6 Å². The van der Waals surface area contributed by atoms with E-state index in [4.69, 9.17) is 9.84 Å². The van der Waals surface area contributed by atoms with E-state index < -0.39 is 5.97 Å². The van der Waals surface area contributed by atoms with Crippen molar-refractivity contribution in [2.24, 2.45) is 0 Å². The van der Waals surface area contributed by atoms with Gasteiger partial charge in [0.1, 0.15) is 0 Å². The smallest absolute Gasteiger partial charge is 0.328 e. The van der Waals surface area contributed by atoms with E-state index in [0.717, 1.165) is 6.08 Å². The van der Waals surface area contributed by atoms with E-state index >= 15 is 0 Å². The van der Waals surface area contributed by atoms with Gasteiger partial charge < -0.3 is 9.84 Å². The van der Waals surface area contributed by atoms with Crippen molar-refractivity contribution in [2.45, 2.75) is 6.42 Å².